The number of carbonyl (C=O) groups excluding carboxylic acids is 1. The number of anilines is 2. The zero-order valence-corrected chi connectivity index (χ0v) is 16.0. The minimum Gasteiger partial charge on any atom is -0.403 e. The molecule has 2 amide bonds. The highest BCUT2D eigenvalue weighted by Crippen LogP contribution is 2.28. The number of aliphatic imine (C=N–C) groups is 1. The molecule has 0 aliphatic heterocycles. The Morgan fingerprint density at radius 3 is 2.79 bits per heavy atom. The first-order chi connectivity index (χ1) is 14.0. The van der Waals surface area contributed by atoms with Gasteiger partial charge in [-0.25, -0.2) is 14.8 Å². The van der Waals surface area contributed by atoms with Gasteiger partial charge in [-0.3, -0.25) is 26.1 Å². The molecule has 3 rings (SSSR count). The number of hydrogen-bond acceptors (Lipinski definition) is 8. The van der Waals surface area contributed by atoms with E-state index >= 15 is 0 Å². The minimum absolute atomic E-state index is 0.346. The van der Waals surface area contributed by atoms with Crippen molar-refractivity contribution in [2.75, 3.05) is 18.1 Å². The molecule has 0 saturated carbocycles. The molecule has 0 fully saturated rings. The Morgan fingerprint density at radius 2 is 2.07 bits per heavy atom. The first-order valence-electron chi connectivity index (χ1n) is 8.66. The van der Waals surface area contributed by atoms with Crippen LogP contribution in [0.2, 0.25) is 0 Å². The van der Waals surface area contributed by atoms with Crippen LogP contribution in [0.4, 0.5) is 16.4 Å². The second-order valence-electron chi connectivity index (χ2n) is 6.09. The predicted octanol–water partition coefficient (Wildman–Crippen LogP) is 1.71. The Balaban J connectivity index is 1.84. The third-order valence-electron chi connectivity index (χ3n) is 4.07. The van der Waals surface area contributed by atoms with Gasteiger partial charge in [-0.1, -0.05) is 0 Å². The molecule has 0 saturated heterocycles. The van der Waals surface area contributed by atoms with E-state index in [1.165, 1.54) is 12.4 Å². The van der Waals surface area contributed by atoms with Gasteiger partial charge in [0.1, 0.15) is 11.6 Å². The maximum absolute atomic E-state index is 12.1. The van der Waals surface area contributed by atoms with Crippen molar-refractivity contribution in [3.05, 3.63) is 54.3 Å². The fourth-order valence-electron chi connectivity index (χ4n) is 2.64. The van der Waals surface area contributed by atoms with Crippen molar-refractivity contribution in [3.8, 4) is 11.3 Å². The SMILES string of the molecule is CN=CC(=CN)NNC(=O)Nc1cc2cc(-c3cnccc3C)nc(N)c2cn1. The Kier molecular flexibility index (Phi) is 5.83. The van der Waals surface area contributed by atoms with E-state index in [-0.39, 0.29) is 0 Å². The van der Waals surface area contributed by atoms with Crippen molar-refractivity contribution in [3.63, 3.8) is 0 Å². The third kappa shape index (κ3) is 4.56. The van der Waals surface area contributed by atoms with Gasteiger partial charge in [-0.2, -0.15) is 0 Å². The summed E-state index contributed by atoms with van der Waals surface area (Å²) in [6.45, 7) is 1.98. The number of urea groups is 1. The van der Waals surface area contributed by atoms with E-state index in [0.717, 1.165) is 16.5 Å². The number of amides is 2. The van der Waals surface area contributed by atoms with Crippen LogP contribution in [-0.2, 0) is 0 Å². The van der Waals surface area contributed by atoms with Crippen LogP contribution in [-0.4, -0.2) is 34.2 Å². The molecule has 3 aromatic heterocycles. The van der Waals surface area contributed by atoms with Gasteiger partial charge >= 0.3 is 6.03 Å². The normalized spacial score (nSPS) is 11.6. The molecule has 0 spiro atoms. The van der Waals surface area contributed by atoms with Crippen molar-refractivity contribution in [1.82, 2.24) is 25.8 Å². The first kappa shape index (κ1) is 19.5. The summed E-state index contributed by atoms with van der Waals surface area (Å²) in [4.78, 5) is 28.7. The molecule has 0 aliphatic rings. The largest absolute Gasteiger partial charge is 0.403 e. The smallest absolute Gasteiger partial charge is 0.339 e. The fraction of sp³-hybridized carbons (Fsp3) is 0.105. The van der Waals surface area contributed by atoms with Gasteiger partial charge in [0.15, 0.2) is 0 Å². The number of pyridine rings is 3. The van der Waals surface area contributed by atoms with E-state index in [1.807, 2.05) is 19.1 Å². The molecule has 7 N–H and O–H groups in total. The lowest BCUT2D eigenvalue weighted by Gasteiger charge is -2.11. The highest BCUT2D eigenvalue weighted by atomic mass is 16.2. The second kappa shape index (κ2) is 8.65. The summed E-state index contributed by atoms with van der Waals surface area (Å²) in [5.41, 5.74) is 19.7. The molecule has 0 aromatic carbocycles. The summed E-state index contributed by atoms with van der Waals surface area (Å²) in [6, 6.07) is 4.98. The molecule has 10 heteroatoms. The summed E-state index contributed by atoms with van der Waals surface area (Å²) >= 11 is 0. The molecule has 0 bridgehead atoms. The standard InChI is InChI=1S/C19H21N9O/c1-11-3-4-23-9-14(11)16-5-12-6-17(24-10-15(12)18(21)25-16)26-19(29)28-27-13(7-20)8-22-2/h3-10,27H,20H2,1-2H3,(H2,21,25)(H2,24,26,28,29). The maximum Gasteiger partial charge on any atom is 0.339 e. The molecule has 3 heterocycles. The van der Waals surface area contributed by atoms with Crippen LogP contribution in [0.3, 0.4) is 0 Å². The monoisotopic (exact) mass is 391 g/mol. The Labute approximate surface area is 167 Å². The molecular weight excluding hydrogens is 370 g/mol. The fourth-order valence-corrected chi connectivity index (χ4v) is 2.64. The number of fused-ring (bicyclic) bond motifs is 1. The molecular formula is C19H21N9O. The van der Waals surface area contributed by atoms with E-state index in [2.05, 4.69) is 36.1 Å². The van der Waals surface area contributed by atoms with Crippen LogP contribution in [0.5, 0.6) is 0 Å². The minimum atomic E-state index is -0.522. The van der Waals surface area contributed by atoms with E-state index in [9.17, 15) is 4.79 Å². The Morgan fingerprint density at radius 1 is 1.24 bits per heavy atom. The third-order valence-corrected chi connectivity index (χ3v) is 4.07. The molecule has 0 atom stereocenters. The maximum atomic E-state index is 12.1. The average molecular weight is 391 g/mol. The van der Waals surface area contributed by atoms with Gasteiger partial charge in [-0.15, -0.1) is 0 Å². The predicted molar refractivity (Wildman–Crippen MR) is 114 cm³/mol. The molecule has 29 heavy (non-hydrogen) atoms. The first-order valence-corrected chi connectivity index (χ1v) is 8.66. The number of rotatable bonds is 5. The van der Waals surface area contributed by atoms with E-state index in [4.69, 9.17) is 11.5 Å². The van der Waals surface area contributed by atoms with Crippen LogP contribution in [0, 0.1) is 6.92 Å². The van der Waals surface area contributed by atoms with Crippen LogP contribution in [0.25, 0.3) is 22.0 Å². The zero-order chi connectivity index (χ0) is 20.8. The number of hydrazine groups is 1. The van der Waals surface area contributed by atoms with Crippen molar-refractivity contribution in [2.24, 2.45) is 10.7 Å². The van der Waals surface area contributed by atoms with E-state index in [0.29, 0.717) is 28.4 Å². The van der Waals surface area contributed by atoms with Crippen molar-refractivity contribution < 1.29 is 4.79 Å². The number of hydrogen-bond donors (Lipinski definition) is 5. The van der Waals surface area contributed by atoms with Crippen molar-refractivity contribution in [2.45, 2.75) is 6.92 Å². The van der Waals surface area contributed by atoms with Gasteiger partial charge in [0, 0.05) is 49.0 Å². The number of aromatic nitrogens is 3. The number of nitrogen functional groups attached to an aromatic ring is 1. The number of allylic oxidation sites excluding steroid dienone is 1. The molecule has 0 aliphatic carbocycles. The number of nitrogens with two attached hydrogens (primary N) is 2. The van der Waals surface area contributed by atoms with Crippen LogP contribution < -0.4 is 27.6 Å². The Hall–Kier alpha value is -4.21. The van der Waals surface area contributed by atoms with Gasteiger partial charge in [0.25, 0.3) is 0 Å². The Bertz CT molecular complexity index is 1110. The molecule has 148 valence electrons. The highest BCUT2D eigenvalue weighted by molar-refractivity contribution is 5.97. The topological polar surface area (TPSA) is 156 Å². The molecule has 0 radical (unpaired) electrons. The van der Waals surface area contributed by atoms with Gasteiger partial charge in [0.05, 0.1) is 11.4 Å². The van der Waals surface area contributed by atoms with Gasteiger partial charge in [-0.05, 0) is 36.1 Å². The quantitative estimate of drug-likeness (QED) is 0.327. The lowest BCUT2D eigenvalue weighted by Crippen LogP contribution is -2.40. The number of nitrogens with zero attached hydrogens (tertiary/aromatic N) is 4. The lowest BCUT2D eigenvalue weighted by molar-refractivity contribution is 0.249. The van der Waals surface area contributed by atoms with Crippen LogP contribution in [0.1, 0.15) is 5.56 Å². The van der Waals surface area contributed by atoms with Gasteiger partial charge < -0.3 is 11.5 Å². The number of carbonyl (C=O) groups is 1. The van der Waals surface area contributed by atoms with Crippen LogP contribution >= 0.6 is 0 Å². The summed E-state index contributed by atoms with van der Waals surface area (Å²) < 4.78 is 0. The average Bonchev–Trinajstić information content (AvgIpc) is 2.71. The highest BCUT2D eigenvalue weighted by Gasteiger charge is 2.10. The van der Waals surface area contributed by atoms with E-state index in [1.54, 1.807) is 31.7 Å². The molecule has 0 unspecified atom stereocenters. The van der Waals surface area contributed by atoms with E-state index < -0.39 is 6.03 Å². The van der Waals surface area contributed by atoms with Crippen molar-refractivity contribution in [1.29, 1.82) is 0 Å². The summed E-state index contributed by atoms with van der Waals surface area (Å²) in [6.07, 6.45) is 7.77. The number of nitrogens with one attached hydrogen (secondary N) is 3. The second-order valence-corrected chi connectivity index (χ2v) is 6.09. The zero-order valence-electron chi connectivity index (χ0n) is 16.0. The summed E-state index contributed by atoms with van der Waals surface area (Å²) in [5, 5.41) is 4.11. The molecule has 3 aromatic rings. The van der Waals surface area contributed by atoms with Gasteiger partial charge in [0.2, 0.25) is 0 Å². The van der Waals surface area contributed by atoms with Crippen LogP contribution in [0.15, 0.2) is 53.7 Å². The van der Waals surface area contributed by atoms with Crippen molar-refractivity contribution >= 4 is 34.7 Å². The summed E-state index contributed by atoms with van der Waals surface area (Å²) in [5.74, 6) is 0.696. The summed E-state index contributed by atoms with van der Waals surface area (Å²) in [7, 11) is 1.59. The number of aryl methyl sites for hydroxylation is 1. The molecule has 10 nitrogen and oxygen atoms in total. The lowest BCUT2D eigenvalue weighted by atomic mass is 10.1.